The van der Waals surface area contributed by atoms with E-state index in [4.69, 9.17) is 20.3 Å². The van der Waals surface area contributed by atoms with E-state index in [-0.39, 0.29) is 12.6 Å². The number of aliphatic hydroxyl groups excluding tert-OH is 1. The van der Waals surface area contributed by atoms with E-state index in [0.29, 0.717) is 42.1 Å². The van der Waals surface area contributed by atoms with Crippen molar-refractivity contribution < 1.29 is 14.6 Å². The molecule has 4 N–H and O–H groups in total. The SMILES string of the molecule is CCCCN(CCO)c1nc(N)nc2cn(Cc3ccc(CNC4CCOC(C)C4)cc3OC)nc12. The van der Waals surface area contributed by atoms with Crippen LogP contribution in [-0.4, -0.2) is 70.4 Å². The number of aromatic nitrogens is 4. The van der Waals surface area contributed by atoms with Crippen molar-refractivity contribution in [3.05, 3.63) is 35.5 Å². The maximum Gasteiger partial charge on any atom is 0.222 e. The van der Waals surface area contributed by atoms with Gasteiger partial charge in [-0.15, -0.1) is 0 Å². The Morgan fingerprint density at radius 1 is 1.31 bits per heavy atom. The highest BCUT2D eigenvalue weighted by Gasteiger charge is 2.20. The van der Waals surface area contributed by atoms with Crippen LogP contribution >= 0.6 is 0 Å². The number of unbranched alkanes of at least 4 members (excludes halogenated alkanes) is 1. The highest BCUT2D eigenvalue weighted by Crippen LogP contribution is 2.26. The number of rotatable bonds is 12. The largest absolute Gasteiger partial charge is 0.496 e. The Balaban J connectivity index is 1.52. The van der Waals surface area contributed by atoms with E-state index in [1.807, 2.05) is 15.8 Å². The predicted molar refractivity (Wildman–Crippen MR) is 141 cm³/mol. The van der Waals surface area contributed by atoms with Crippen LogP contribution in [0.25, 0.3) is 11.0 Å². The molecule has 1 fully saturated rings. The van der Waals surface area contributed by atoms with Crippen LogP contribution in [0.1, 0.15) is 50.7 Å². The molecule has 0 spiro atoms. The molecule has 3 aromatic rings. The van der Waals surface area contributed by atoms with Gasteiger partial charge in [0.1, 0.15) is 11.3 Å². The van der Waals surface area contributed by atoms with E-state index in [1.54, 1.807) is 7.11 Å². The molecule has 1 aromatic carbocycles. The summed E-state index contributed by atoms with van der Waals surface area (Å²) in [5, 5.41) is 18.0. The third-order valence-electron chi connectivity index (χ3n) is 6.62. The van der Waals surface area contributed by atoms with Crippen molar-refractivity contribution in [3.8, 4) is 5.75 Å². The van der Waals surface area contributed by atoms with E-state index in [2.05, 4.69) is 47.3 Å². The Kier molecular flexibility index (Phi) is 8.95. The van der Waals surface area contributed by atoms with Gasteiger partial charge in [0, 0.05) is 37.8 Å². The summed E-state index contributed by atoms with van der Waals surface area (Å²) in [6.45, 7) is 7.66. The number of ether oxygens (including phenoxy) is 2. The molecule has 10 nitrogen and oxygen atoms in total. The number of aliphatic hydroxyl groups is 1. The Morgan fingerprint density at radius 2 is 2.17 bits per heavy atom. The second-order valence-electron chi connectivity index (χ2n) is 9.46. The number of hydrogen-bond acceptors (Lipinski definition) is 9. The smallest absolute Gasteiger partial charge is 0.222 e. The average molecular weight is 498 g/mol. The fraction of sp³-hybridized carbons (Fsp3) is 0.577. The second kappa shape index (κ2) is 12.3. The molecule has 3 heterocycles. The van der Waals surface area contributed by atoms with Crippen LogP contribution < -0.4 is 20.7 Å². The minimum Gasteiger partial charge on any atom is -0.496 e. The van der Waals surface area contributed by atoms with Gasteiger partial charge in [0.25, 0.3) is 0 Å². The van der Waals surface area contributed by atoms with Crippen molar-refractivity contribution in [2.24, 2.45) is 0 Å². The molecule has 1 saturated heterocycles. The minimum atomic E-state index is 0.0295. The molecule has 0 saturated carbocycles. The minimum absolute atomic E-state index is 0.0295. The lowest BCUT2D eigenvalue weighted by Crippen LogP contribution is -2.37. The normalized spacial score (nSPS) is 18.0. The van der Waals surface area contributed by atoms with Gasteiger partial charge in [0.15, 0.2) is 11.3 Å². The number of fused-ring (bicyclic) bond motifs is 1. The third kappa shape index (κ3) is 6.43. The van der Waals surface area contributed by atoms with Crippen LogP contribution in [0.2, 0.25) is 0 Å². The maximum atomic E-state index is 9.58. The highest BCUT2D eigenvalue weighted by molar-refractivity contribution is 5.86. The Bertz CT molecular complexity index is 1140. The van der Waals surface area contributed by atoms with E-state index < -0.39 is 0 Å². The quantitative estimate of drug-likeness (QED) is 0.346. The fourth-order valence-corrected chi connectivity index (χ4v) is 4.71. The third-order valence-corrected chi connectivity index (χ3v) is 6.62. The molecule has 36 heavy (non-hydrogen) atoms. The predicted octanol–water partition coefficient (Wildman–Crippen LogP) is 2.72. The first-order chi connectivity index (χ1) is 17.5. The summed E-state index contributed by atoms with van der Waals surface area (Å²) in [4.78, 5) is 10.9. The monoisotopic (exact) mass is 497 g/mol. The molecule has 2 unspecified atom stereocenters. The molecule has 2 aromatic heterocycles. The lowest BCUT2D eigenvalue weighted by Gasteiger charge is -2.28. The number of nitrogens with two attached hydrogens (primary N) is 1. The zero-order valence-electron chi connectivity index (χ0n) is 21.6. The van der Waals surface area contributed by atoms with Gasteiger partial charge in [-0.1, -0.05) is 25.5 Å². The molecule has 196 valence electrons. The molecule has 10 heteroatoms. The van der Waals surface area contributed by atoms with Crippen LogP contribution in [0.4, 0.5) is 11.8 Å². The number of methoxy groups -OCH3 is 1. The van der Waals surface area contributed by atoms with Crippen molar-refractivity contribution in [1.82, 2.24) is 25.1 Å². The summed E-state index contributed by atoms with van der Waals surface area (Å²) in [5.41, 5.74) is 9.58. The van der Waals surface area contributed by atoms with Crippen LogP contribution in [0.3, 0.4) is 0 Å². The summed E-state index contributed by atoms with van der Waals surface area (Å²) < 4.78 is 13.2. The molecular formula is C26H39N7O3. The Morgan fingerprint density at radius 3 is 2.92 bits per heavy atom. The number of benzene rings is 1. The zero-order chi connectivity index (χ0) is 25.5. The number of nitrogens with one attached hydrogen (secondary N) is 1. The van der Waals surface area contributed by atoms with Gasteiger partial charge >= 0.3 is 0 Å². The van der Waals surface area contributed by atoms with Crippen LogP contribution in [-0.2, 0) is 17.8 Å². The topological polar surface area (TPSA) is 124 Å². The van der Waals surface area contributed by atoms with Crippen LogP contribution in [0.15, 0.2) is 24.4 Å². The first-order valence-corrected chi connectivity index (χ1v) is 12.9. The van der Waals surface area contributed by atoms with E-state index in [0.717, 1.165) is 56.7 Å². The van der Waals surface area contributed by atoms with Crippen molar-refractivity contribution in [1.29, 1.82) is 0 Å². The summed E-state index contributed by atoms with van der Waals surface area (Å²) in [6, 6.07) is 6.79. The second-order valence-corrected chi connectivity index (χ2v) is 9.46. The lowest BCUT2D eigenvalue weighted by molar-refractivity contribution is 0.0130. The van der Waals surface area contributed by atoms with Gasteiger partial charge in [-0.25, -0.2) is 4.98 Å². The number of anilines is 2. The van der Waals surface area contributed by atoms with Crippen molar-refractivity contribution in [2.45, 2.75) is 64.8 Å². The zero-order valence-corrected chi connectivity index (χ0v) is 21.6. The molecule has 0 amide bonds. The molecule has 4 rings (SSSR count). The Hall–Kier alpha value is -2.95. The van der Waals surface area contributed by atoms with Crippen molar-refractivity contribution >= 4 is 22.8 Å². The fourth-order valence-electron chi connectivity index (χ4n) is 4.71. The average Bonchev–Trinajstić information content (AvgIpc) is 3.27. The lowest BCUT2D eigenvalue weighted by atomic mass is 10.0. The standard InChI is InChI=1S/C26H39N7O3/c1-4-5-9-32(10-11-34)25-24-22(29-26(27)30-25)17-33(31-24)16-20-7-6-19(14-23(20)35-3)15-28-21-8-12-36-18(2)13-21/h6-7,14,17-18,21,28,34H,4-5,8-13,15-16H2,1-3H3,(H2,27,29). The van der Waals surface area contributed by atoms with Gasteiger partial charge in [-0.3, -0.25) is 4.68 Å². The van der Waals surface area contributed by atoms with Gasteiger partial charge in [-0.05, 0) is 37.8 Å². The number of nitrogens with zero attached hydrogens (tertiary/aromatic N) is 5. The van der Waals surface area contributed by atoms with E-state index in [1.165, 1.54) is 5.56 Å². The van der Waals surface area contributed by atoms with Crippen molar-refractivity contribution in [2.75, 3.05) is 44.0 Å². The van der Waals surface area contributed by atoms with Gasteiger partial charge < -0.3 is 30.5 Å². The summed E-state index contributed by atoms with van der Waals surface area (Å²) in [7, 11) is 1.70. The molecule has 0 aliphatic carbocycles. The van der Waals surface area contributed by atoms with Crippen LogP contribution in [0, 0.1) is 0 Å². The molecule has 0 bridgehead atoms. The van der Waals surface area contributed by atoms with Gasteiger partial charge in [0.2, 0.25) is 5.95 Å². The molecule has 2 atom stereocenters. The maximum absolute atomic E-state index is 9.58. The summed E-state index contributed by atoms with van der Waals surface area (Å²) in [5.74, 6) is 1.68. The van der Waals surface area contributed by atoms with Gasteiger partial charge in [0.05, 0.1) is 32.6 Å². The van der Waals surface area contributed by atoms with Gasteiger partial charge in [-0.2, -0.15) is 10.1 Å². The summed E-state index contributed by atoms with van der Waals surface area (Å²) >= 11 is 0. The molecule has 0 radical (unpaired) electrons. The number of nitrogen functional groups attached to an aromatic ring is 1. The summed E-state index contributed by atoms with van der Waals surface area (Å²) in [6.07, 6.45) is 6.29. The highest BCUT2D eigenvalue weighted by atomic mass is 16.5. The van der Waals surface area contributed by atoms with Crippen molar-refractivity contribution in [3.63, 3.8) is 0 Å². The van der Waals surface area contributed by atoms with Crippen LogP contribution in [0.5, 0.6) is 5.75 Å². The molecule has 1 aliphatic rings. The first kappa shape index (κ1) is 26.1. The van der Waals surface area contributed by atoms with E-state index >= 15 is 0 Å². The van der Waals surface area contributed by atoms with E-state index in [9.17, 15) is 5.11 Å². The molecule has 1 aliphatic heterocycles. The number of hydrogen-bond donors (Lipinski definition) is 3. The molecular weight excluding hydrogens is 458 g/mol. The Labute approximate surface area is 212 Å². The first-order valence-electron chi connectivity index (χ1n) is 12.9.